The lowest BCUT2D eigenvalue weighted by Crippen LogP contribution is -2.25. The maximum Gasteiger partial charge on any atom is 0.291 e. The highest BCUT2D eigenvalue weighted by molar-refractivity contribution is 6.31. The number of furan rings is 1. The average Bonchev–Trinajstić information content (AvgIpc) is 2.97. The first kappa shape index (κ1) is 14.6. The van der Waals surface area contributed by atoms with E-state index in [2.05, 4.69) is 10.6 Å². The molecule has 1 aliphatic rings. The first-order chi connectivity index (χ1) is 11.6. The molecule has 3 aromatic rings. The summed E-state index contributed by atoms with van der Waals surface area (Å²) in [6, 6.07) is 11.8. The Morgan fingerprint density at radius 2 is 2.04 bits per heavy atom. The van der Waals surface area contributed by atoms with Crippen LogP contribution in [0.1, 0.15) is 10.6 Å². The number of fused-ring (bicyclic) bond motifs is 2. The highest BCUT2D eigenvalue weighted by Gasteiger charge is 2.18. The summed E-state index contributed by atoms with van der Waals surface area (Å²) < 4.78 is 10.8. The molecular weight excluding hydrogens is 332 g/mol. The van der Waals surface area contributed by atoms with E-state index in [-0.39, 0.29) is 18.3 Å². The largest absolute Gasteiger partial charge is 0.482 e. The molecule has 0 spiro atoms. The number of ether oxygens (including phenoxy) is 1. The smallest absolute Gasteiger partial charge is 0.291 e. The van der Waals surface area contributed by atoms with E-state index in [9.17, 15) is 9.59 Å². The third-order valence-electron chi connectivity index (χ3n) is 3.57. The molecule has 120 valence electrons. The molecule has 24 heavy (non-hydrogen) atoms. The van der Waals surface area contributed by atoms with Crippen LogP contribution in [0.2, 0.25) is 5.02 Å². The van der Waals surface area contributed by atoms with Crippen LogP contribution in [-0.4, -0.2) is 18.4 Å². The molecule has 0 atom stereocenters. The minimum absolute atomic E-state index is 0.0136. The molecule has 1 aliphatic heterocycles. The van der Waals surface area contributed by atoms with Gasteiger partial charge in [-0.2, -0.15) is 0 Å². The average molecular weight is 343 g/mol. The van der Waals surface area contributed by atoms with E-state index in [0.29, 0.717) is 27.7 Å². The van der Waals surface area contributed by atoms with Crippen LogP contribution >= 0.6 is 11.6 Å². The highest BCUT2D eigenvalue weighted by Crippen LogP contribution is 2.31. The van der Waals surface area contributed by atoms with Crippen LogP contribution in [0.4, 0.5) is 11.4 Å². The van der Waals surface area contributed by atoms with Gasteiger partial charge in [0.15, 0.2) is 12.4 Å². The van der Waals surface area contributed by atoms with Crippen molar-refractivity contribution in [3.05, 3.63) is 53.2 Å². The Morgan fingerprint density at radius 3 is 2.92 bits per heavy atom. The number of anilines is 2. The van der Waals surface area contributed by atoms with E-state index in [1.807, 2.05) is 0 Å². The fourth-order valence-electron chi connectivity index (χ4n) is 2.48. The number of nitrogens with one attached hydrogen (secondary N) is 2. The summed E-state index contributed by atoms with van der Waals surface area (Å²) in [6.45, 7) is -0.0136. The molecule has 2 amide bonds. The fourth-order valence-corrected chi connectivity index (χ4v) is 2.66. The fraction of sp³-hybridized carbons (Fsp3) is 0.0588. The Hall–Kier alpha value is -2.99. The number of amides is 2. The van der Waals surface area contributed by atoms with Gasteiger partial charge in [-0.15, -0.1) is 0 Å². The van der Waals surface area contributed by atoms with Crippen LogP contribution in [0.25, 0.3) is 11.0 Å². The molecule has 0 bridgehead atoms. The third kappa shape index (κ3) is 2.68. The van der Waals surface area contributed by atoms with Crippen molar-refractivity contribution >= 4 is 45.8 Å². The molecule has 2 N–H and O–H groups in total. The van der Waals surface area contributed by atoms with Crippen molar-refractivity contribution in [2.24, 2.45) is 0 Å². The van der Waals surface area contributed by atoms with E-state index >= 15 is 0 Å². The zero-order valence-corrected chi connectivity index (χ0v) is 13.0. The van der Waals surface area contributed by atoms with Gasteiger partial charge in [-0.3, -0.25) is 9.59 Å². The van der Waals surface area contributed by atoms with E-state index in [1.165, 1.54) is 0 Å². The Labute approximate surface area is 141 Å². The SMILES string of the molecule is O=C1COc2ccc(NC(=O)c3cc4cc(Cl)ccc4o3)cc2N1. The van der Waals surface area contributed by atoms with Crippen LogP contribution in [-0.2, 0) is 4.79 Å². The monoisotopic (exact) mass is 342 g/mol. The molecule has 0 unspecified atom stereocenters. The van der Waals surface area contributed by atoms with E-state index in [1.54, 1.807) is 42.5 Å². The van der Waals surface area contributed by atoms with Gasteiger partial charge in [0.2, 0.25) is 0 Å². The number of rotatable bonds is 2. The molecular formula is C17H11ClN2O4. The standard InChI is InChI=1S/C17H11ClN2O4/c18-10-1-3-13-9(5-10)6-15(24-13)17(22)19-11-2-4-14-12(7-11)20-16(21)8-23-14/h1-7H,8H2,(H,19,22)(H,20,21). The van der Waals surface area contributed by atoms with Gasteiger partial charge in [0.25, 0.3) is 11.8 Å². The van der Waals surface area contributed by atoms with Crippen molar-refractivity contribution in [1.82, 2.24) is 0 Å². The molecule has 2 aromatic carbocycles. The second-order valence-corrected chi connectivity index (χ2v) is 5.73. The van der Waals surface area contributed by atoms with E-state index in [0.717, 1.165) is 5.39 Å². The Bertz CT molecular complexity index is 980. The zero-order chi connectivity index (χ0) is 16.7. The van der Waals surface area contributed by atoms with Crippen LogP contribution < -0.4 is 15.4 Å². The molecule has 1 aromatic heterocycles. The molecule has 4 rings (SSSR count). The van der Waals surface area contributed by atoms with Crippen molar-refractivity contribution in [3.8, 4) is 5.75 Å². The van der Waals surface area contributed by atoms with Gasteiger partial charge in [-0.05, 0) is 42.5 Å². The Kier molecular flexibility index (Phi) is 3.39. The number of carbonyl (C=O) groups excluding carboxylic acids is 2. The summed E-state index contributed by atoms with van der Waals surface area (Å²) >= 11 is 5.93. The minimum atomic E-state index is -0.398. The van der Waals surface area contributed by atoms with Gasteiger partial charge in [-0.25, -0.2) is 0 Å². The summed E-state index contributed by atoms with van der Waals surface area (Å²) in [5.74, 6) is 0.0988. The lowest BCUT2D eigenvalue weighted by molar-refractivity contribution is -0.118. The van der Waals surface area contributed by atoms with E-state index < -0.39 is 5.91 Å². The zero-order valence-electron chi connectivity index (χ0n) is 12.3. The number of hydrogen-bond donors (Lipinski definition) is 2. The van der Waals surface area contributed by atoms with Gasteiger partial charge in [0.05, 0.1) is 5.69 Å². The molecule has 0 fully saturated rings. The summed E-state index contributed by atoms with van der Waals surface area (Å²) in [7, 11) is 0. The maximum absolute atomic E-state index is 12.3. The number of hydrogen-bond acceptors (Lipinski definition) is 4. The molecule has 2 heterocycles. The normalized spacial score (nSPS) is 13.1. The molecule has 0 saturated heterocycles. The van der Waals surface area contributed by atoms with Gasteiger partial charge in [-0.1, -0.05) is 11.6 Å². The van der Waals surface area contributed by atoms with Crippen molar-refractivity contribution in [2.45, 2.75) is 0 Å². The maximum atomic E-state index is 12.3. The van der Waals surface area contributed by atoms with Crippen LogP contribution in [0, 0.1) is 0 Å². The Morgan fingerprint density at radius 1 is 1.17 bits per heavy atom. The predicted molar refractivity (Wildman–Crippen MR) is 89.7 cm³/mol. The highest BCUT2D eigenvalue weighted by atomic mass is 35.5. The van der Waals surface area contributed by atoms with Gasteiger partial charge >= 0.3 is 0 Å². The lowest BCUT2D eigenvalue weighted by Gasteiger charge is -2.18. The summed E-state index contributed by atoms with van der Waals surface area (Å²) in [4.78, 5) is 23.7. The number of halogens is 1. The topological polar surface area (TPSA) is 80.6 Å². The molecule has 0 radical (unpaired) electrons. The second-order valence-electron chi connectivity index (χ2n) is 5.29. The van der Waals surface area contributed by atoms with Crippen molar-refractivity contribution in [3.63, 3.8) is 0 Å². The van der Waals surface area contributed by atoms with Gasteiger partial charge in [0, 0.05) is 16.1 Å². The number of carbonyl (C=O) groups is 2. The minimum Gasteiger partial charge on any atom is -0.482 e. The van der Waals surface area contributed by atoms with Crippen molar-refractivity contribution in [1.29, 1.82) is 0 Å². The van der Waals surface area contributed by atoms with Crippen LogP contribution in [0.5, 0.6) is 5.75 Å². The Balaban J connectivity index is 1.59. The first-order valence-corrected chi connectivity index (χ1v) is 7.53. The lowest BCUT2D eigenvalue weighted by atomic mass is 10.2. The second kappa shape index (κ2) is 5.58. The van der Waals surface area contributed by atoms with Crippen LogP contribution in [0.3, 0.4) is 0 Å². The summed E-state index contributed by atoms with van der Waals surface area (Å²) in [6.07, 6.45) is 0. The van der Waals surface area contributed by atoms with E-state index in [4.69, 9.17) is 20.8 Å². The van der Waals surface area contributed by atoms with Gasteiger partial charge in [0.1, 0.15) is 11.3 Å². The molecule has 0 saturated carbocycles. The first-order valence-electron chi connectivity index (χ1n) is 7.16. The predicted octanol–water partition coefficient (Wildman–Crippen LogP) is 3.67. The summed E-state index contributed by atoms with van der Waals surface area (Å²) in [5, 5.41) is 6.73. The quantitative estimate of drug-likeness (QED) is 0.744. The molecule has 6 nitrogen and oxygen atoms in total. The molecule has 0 aliphatic carbocycles. The number of benzene rings is 2. The van der Waals surface area contributed by atoms with Crippen molar-refractivity contribution in [2.75, 3.05) is 17.2 Å². The van der Waals surface area contributed by atoms with Crippen molar-refractivity contribution < 1.29 is 18.7 Å². The molecule has 7 heteroatoms. The van der Waals surface area contributed by atoms with Gasteiger partial charge < -0.3 is 19.8 Å². The summed E-state index contributed by atoms with van der Waals surface area (Å²) in [5.41, 5.74) is 1.61. The van der Waals surface area contributed by atoms with Crippen LogP contribution in [0.15, 0.2) is 46.9 Å². The third-order valence-corrected chi connectivity index (χ3v) is 3.81.